The van der Waals surface area contributed by atoms with E-state index in [0.717, 1.165) is 12.1 Å². The summed E-state index contributed by atoms with van der Waals surface area (Å²) >= 11 is 5.57. The Balaban J connectivity index is 2.63. The highest BCUT2D eigenvalue weighted by Gasteiger charge is 2.22. The molecule has 0 radical (unpaired) electrons. The van der Waals surface area contributed by atoms with E-state index in [9.17, 15) is 17.6 Å². The summed E-state index contributed by atoms with van der Waals surface area (Å²) in [6.45, 7) is 4.89. The third-order valence-corrected chi connectivity index (χ3v) is 4.13. The van der Waals surface area contributed by atoms with Gasteiger partial charge in [-0.25, -0.2) is 22.3 Å². The monoisotopic (exact) mass is 367 g/mol. The summed E-state index contributed by atoms with van der Waals surface area (Å²) in [7, 11) is -4.15. The van der Waals surface area contributed by atoms with Crippen molar-refractivity contribution in [2.45, 2.75) is 31.3 Å². The minimum absolute atomic E-state index is 0.0173. The average molecular weight is 368 g/mol. The van der Waals surface area contributed by atoms with Gasteiger partial charge in [0.05, 0.1) is 5.02 Å². The second-order valence-corrected chi connectivity index (χ2v) is 7.78. The van der Waals surface area contributed by atoms with Crippen LogP contribution in [-0.4, -0.2) is 33.2 Å². The number of ether oxygens (including phenoxy) is 1. The molecule has 1 aromatic carbocycles. The smallest absolute Gasteiger partial charge is 0.407 e. The number of hydrogen-bond donors (Lipinski definition) is 3. The summed E-state index contributed by atoms with van der Waals surface area (Å²) in [5.41, 5.74) is 4.82. The van der Waals surface area contributed by atoms with Gasteiger partial charge in [0.15, 0.2) is 5.82 Å². The fourth-order valence-corrected chi connectivity index (χ4v) is 2.97. The van der Waals surface area contributed by atoms with E-state index in [1.165, 1.54) is 0 Å². The van der Waals surface area contributed by atoms with E-state index in [0.29, 0.717) is 0 Å². The summed E-state index contributed by atoms with van der Waals surface area (Å²) in [5, 5.41) is 1.98. The van der Waals surface area contributed by atoms with Crippen LogP contribution in [0.25, 0.3) is 0 Å². The number of amides is 1. The van der Waals surface area contributed by atoms with Crippen LogP contribution in [0.5, 0.6) is 0 Å². The van der Waals surface area contributed by atoms with E-state index in [4.69, 9.17) is 22.1 Å². The molecule has 4 N–H and O–H groups in total. The van der Waals surface area contributed by atoms with Gasteiger partial charge in [-0.2, -0.15) is 0 Å². The van der Waals surface area contributed by atoms with Crippen molar-refractivity contribution < 1.29 is 22.3 Å². The number of benzene rings is 1. The number of nitrogen functional groups attached to an aromatic ring is 1. The highest BCUT2D eigenvalue weighted by molar-refractivity contribution is 7.89. The van der Waals surface area contributed by atoms with E-state index in [1.807, 2.05) is 0 Å². The van der Waals surface area contributed by atoms with Crippen molar-refractivity contribution in [2.75, 3.05) is 18.8 Å². The Hall–Kier alpha value is -1.58. The van der Waals surface area contributed by atoms with E-state index in [1.54, 1.807) is 20.8 Å². The zero-order valence-corrected chi connectivity index (χ0v) is 14.5. The lowest BCUT2D eigenvalue weighted by Crippen LogP contribution is -2.38. The quantitative estimate of drug-likeness (QED) is 0.543. The Morgan fingerprint density at radius 1 is 1.35 bits per heavy atom. The molecule has 1 aromatic rings. The molecule has 1 amide bonds. The van der Waals surface area contributed by atoms with Crippen LogP contribution in [0.3, 0.4) is 0 Å². The molecule has 0 spiro atoms. The molecule has 0 aromatic heterocycles. The number of carbonyl (C=O) groups excluding carboxylic acids is 1. The van der Waals surface area contributed by atoms with Gasteiger partial charge in [0, 0.05) is 18.8 Å². The highest BCUT2D eigenvalue weighted by Crippen LogP contribution is 2.25. The zero-order valence-electron chi connectivity index (χ0n) is 12.9. The van der Waals surface area contributed by atoms with Gasteiger partial charge < -0.3 is 15.8 Å². The van der Waals surface area contributed by atoms with Crippen LogP contribution in [-0.2, 0) is 14.8 Å². The topological polar surface area (TPSA) is 111 Å². The maximum Gasteiger partial charge on any atom is 0.407 e. The van der Waals surface area contributed by atoms with Gasteiger partial charge in [-0.05, 0) is 32.9 Å². The second-order valence-electron chi connectivity index (χ2n) is 5.64. The molecule has 130 valence electrons. The first-order valence-corrected chi connectivity index (χ1v) is 8.49. The van der Waals surface area contributed by atoms with Crippen molar-refractivity contribution >= 4 is 33.4 Å². The molecule has 0 atom stereocenters. The first-order valence-electron chi connectivity index (χ1n) is 6.63. The standard InChI is InChI=1S/C13H19ClFN3O4S/c1-13(2,3)22-12(19)17-4-5-18-23(20,21)10-7-8(16)6-9(14)11(10)15/h6-7,18H,4-5,16H2,1-3H3,(H,17,19). The fraction of sp³-hybridized carbons (Fsp3) is 0.462. The summed E-state index contributed by atoms with van der Waals surface area (Å²) in [4.78, 5) is 10.7. The predicted molar refractivity (Wildman–Crippen MR) is 85.2 cm³/mol. The molecule has 23 heavy (non-hydrogen) atoms. The minimum Gasteiger partial charge on any atom is -0.444 e. The van der Waals surface area contributed by atoms with Crippen LogP contribution in [0.1, 0.15) is 20.8 Å². The van der Waals surface area contributed by atoms with Crippen molar-refractivity contribution in [3.8, 4) is 0 Å². The Morgan fingerprint density at radius 2 is 1.96 bits per heavy atom. The molecule has 0 heterocycles. The van der Waals surface area contributed by atoms with Gasteiger partial charge in [0.1, 0.15) is 10.5 Å². The number of nitrogens with one attached hydrogen (secondary N) is 2. The third-order valence-electron chi connectivity index (χ3n) is 2.39. The van der Waals surface area contributed by atoms with Crippen LogP contribution >= 0.6 is 11.6 Å². The highest BCUT2D eigenvalue weighted by atomic mass is 35.5. The molecule has 10 heteroatoms. The average Bonchev–Trinajstić information content (AvgIpc) is 2.37. The molecule has 0 fully saturated rings. The van der Waals surface area contributed by atoms with Crippen LogP contribution in [0, 0.1) is 5.82 Å². The number of sulfonamides is 1. The summed E-state index contributed by atoms with van der Waals surface area (Å²) in [6.07, 6.45) is -0.685. The SMILES string of the molecule is CC(C)(C)OC(=O)NCCNS(=O)(=O)c1cc(N)cc(Cl)c1F. The normalized spacial score (nSPS) is 12.0. The first-order chi connectivity index (χ1) is 10.4. The zero-order chi connectivity index (χ0) is 17.8. The second kappa shape index (κ2) is 7.33. The van der Waals surface area contributed by atoms with Crippen LogP contribution in [0.4, 0.5) is 14.9 Å². The van der Waals surface area contributed by atoms with Gasteiger partial charge in [-0.15, -0.1) is 0 Å². The van der Waals surface area contributed by atoms with Crippen molar-refractivity contribution in [3.05, 3.63) is 23.0 Å². The molecular formula is C13H19ClFN3O4S. The van der Waals surface area contributed by atoms with E-state index < -0.39 is 37.5 Å². The molecule has 0 aliphatic carbocycles. The molecule has 0 aliphatic rings. The molecule has 0 saturated carbocycles. The van der Waals surface area contributed by atoms with Crippen LogP contribution < -0.4 is 15.8 Å². The van der Waals surface area contributed by atoms with Crippen molar-refractivity contribution in [2.24, 2.45) is 0 Å². The third kappa shape index (κ3) is 6.20. The number of carbonyl (C=O) groups is 1. The number of halogens is 2. The lowest BCUT2D eigenvalue weighted by molar-refractivity contribution is 0.0529. The van der Waals surface area contributed by atoms with Crippen LogP contribution in [0.15, 0.2) is 17.0 Å². The maximum absolute atomic E-state index is 13.8. The molecule has 0 aliphatic heterocycles. The Kier molecular flexibility index (Phi) is 6.20. The van der Waals surface area contributed by atoms with E-state index >= 15 is 0 Å². The number of rotatable bonds is 5. The molecule has 0 saturated heterocycles. The van der Waals surface area contributed by atoms with Gasteiger partial charge in [-0.3, -0.25) is 0 Å². The lowest BCUT2D eigenvalue weighted by atomic mass is 10.2. The number of hydrogen-bond acceptors (Lipinski definition) is 5. The molecular weight excluding hydrogens is 349 g/mol. The Morgan fingerprint density at radius 3 is 2.52 bits per heavy atom. The lowest BCUT2D eigenvalue weighted by Gasteiger charge is -2.19. The molecule has 0 unspecified atom stereocenters. The van der Waals surface area contributed by atoms with Crippen LogP contribution in [0.2, 0.25) is 5.02 Å². The summed E-state index contributed by atoms with van der Waals surface area (Å²) in [5.74, 6) is -1.09. The predicted octanol–water partition coefficient (Wildman–Crippen LogP) is 1.86. The maximum atomic E-state index is 13.8. The van der Waals surface area contributed by atoms with E-state index in [-0.39, 0.29) is 18.8 Å². The first kappa shape index (κ1) is 19.5. The molecule has 7 nitrogen and oxygen atoms in total. The van der Waals surface area contributed by atoms with Gasteiger partial charge in [0.2, 0.25) is 10.0 Å². The van der Waals surface area contributed by atoms with Crippen molar-refractivity contribution in [1.29, 1.82) is 0 Å². The number of anilines is 1. The minimum atomic E-state index is -4.15. The van der Waals surface area contributed by atoms with Gasteiger partial charge >= 0.3 is 6.09 Å². The van der Waals surface area contributed by atoms with Gasteiger partial charge in [0.25, 0.3) is 0 Å². The molecule has 1 rings (SSSR count). The van der Waals surface area contributed by atoms with Crippen molar-refractivity contribution in [3.63, 3.8) is 0 Å². The van der Waals surface area contributed by atoms with Crippen molar-refractivity contribution in [1.82, 2.24) is 10.0 Å². The van der Waals surface area contributed by atoms with Gasteiger partial charge in [-0.1, -0.05) is 11.6 Å². The Bertz CT molecular complexity index is 689. The summed E-state index contributed by atoms with van der Waals surface area (Å²) < 4.78 is 45.0. The fourth-order valence-electron chi connectivity index (χ4n) is 1.52. The Labute approximate surface area is 139 Å². The molecule has 0 bridgehead atoms. The number of alkyl carbamates (subject to hydrolysis) is 1. The largest absolute Gasteiger partial charge is 0.444 e. The summed E-state index contributed by atoms with van der Waals surface area (Å²) in [6, 6.07) is 2.07. The van der Waals surface area contributed by atoms with E-state index in [2.05, 4.69) is 10.0 Å². The number of nitrogens with two attached hydrogens (primary N) is 1.